The summed E-state index contributed by atoms with van der Waals surface area (Å²) in [6, 6.07) is 12.3. The average Bonchev–Trinajstić information content (AvgIpc) is 3.01. The van der Waals surface area contributed by atoms with Crippen molar-refractivity contribution < 1.29 is 23.2 Å². The number of sulfone groups is 1. The summed E-state index contributed by atoms with van der Waals surface area (Å²) in [5.74, 6) is 0.00853. The van der Waals surface area contributed by atoms with Gasteiger partial charge in [-0.05, 0) is 88.0 Å². The molecule has 226 valence electrons. The van der Waals surface area contributed by atoms with Gasteiger partial charge < -0.3 is 24.9 Å². The SMILES string of the molecule is C[S+](O)c1ccc2ncc(S(=O)(=O)c3ccc(O)cc3)c(N3CCC(N4CCC(N5CCC(O)CC5)CC4)CC3)c2c1. The van der Waals surface area contributed by atoms with E-state index < -0.39 is 21.0 Å². The zero-order valence-electron chi connectivity index (χ0n) is 24.1. The smallest absolute Gasteiger partial charge is 0.210 e. The van der Waals surface area contributed by atoms with Gasteiger partial charge in [-0.15, -0.1) is 0 Å². The lowest BCUT2D eigenvalue weighted by atomic mass is 9.95. The quantitative estimate of drug-likeness (QED) is 0.358. The molecular weight excluding hydrogens is 572 g/mol. The zero-order chi connectivity index (χ0) is 29.4. The van der Waals surface area contributed by atoms with E-state index in [0.717, 1.165) is 88.1 Å². The van der Waals surface area contributed by atoms with E-state index in [9.17, 15) is 23.2 Å². The van der Waals surface area contributed by atoms with Crippen LogP contribution >= 0.6 is 0 Å². The Hall–Kier alpha value is -2.41. The monoisotopic (exact) mass is 613 g/mol. The third kappa shape index (κ3) is 6.00. The minimum atomic E-state index is -3.92. The molecular formula is C31H41N4O5S2+. The van der Waals surface area contributed by atoms with E-state index >= 15 is 0 Å². The fourth-order valence-electron chi connectivity index (χ4n) is 6.92. The Labute approximate surface area is 251 Å². The predicted octanol–water partition coefficient (Wildman–Crippen LogP) is 3.74. The molecule has 9 nitrogen and oxygen atoms in total. The van der Waals surface area contributed by atoms with Crippen molar-refractivity contribution in [3.63, 3.8) is 0 Å². The number of aromatic nitrogens is 1. The van der Waals surface area contributed by atoms with Crippen molar-refractivity contribution in [1.82, 2.24) is 14.8 Å². The van der Waals surface area contributed by atoms with E-state index in [-0.39, 0.29) is 21.6 Å². The Morgan fingerprint density at radius 1 is 0.833 bits per heavy atom. The van der Waals surface area contributed by atoms with Crippen molar-refractivity contribution in [2.75, 3.05) is 50.4 Å². The number of likely N-dealkylation sites (tertiary alicyclic amines) is 2. The average molecular weight is 614 g/mol. The normalized spacial score (nSPS) is 21.6. The summed E-state index contributed by atoms with van der Waals surface area (Å²) in [5, 5.41) is 20.3. The number of aromatic hydroxyl groups is 1. The molecule has 1 unspecified atom stereocenters. The van der Waals surface area contributed by atoms with E-state index in [1.807, 2.05) is 18.2 Å². The summed E-state index contributed by atoms with van der Waals surface area (Å²) < 4.78 is 38.2. The molecule has 0 amide bonds. The van der Waals surface area contributed by atoms with Crippen LogP contribution in [0.15, 0.2) is 63.3 Å². The highest BCUT2D eigenvalue weighted by Crippen LogP contribution is 2.39. The Morgan fingerprint density at radius 2 is 1.40 bits per heavy atom. The van der Waals surface area contributed by atoms with Gasteiger partial charge in [-0.3, -0.25) is 4.98 Å². The van der Waals surface area contributed by atoms with E-state index in [4.69, 9.17) is 0 Å². The van der Waals surface area contributed by atoms with Crippen LogP contribution in [0.25, 0.3) is 10.9 Å². The van der Waals surface area contributed by atoms with Crippen molar-refractivity contribution in [2.24, 2.45) is 0 Å². The standard InChI is InChI=1S/C31H40N4O5S2/c1-41(38)26-4-7-29-28(20-26)31(30(21-32-29)42(39,40)27-5-2-24(36)3-6-27)35-16-10-23(11-17-35)33-14-8-22(9-15-33)34-18-12-25(37)13-19-34/h2-7,20-23,25,37-38H,8-19H2,1H3/p+1. The number of rotatable bonds is 6. The topological polar surface area (TPSA) is 117 Å². The van der Waals surface area contributed by atoms with Crippen LogP contribution in [-0.2, 0) is 21.0 Å². The number of phenols is 1. The summed E-state index contributed by atoms with van der Waals surface area (Å²) in [7, 11) is -3.92. The van der Waals surface area contributed by atoms with E-state index in [0.29, 0.717) is 23.3 Å². The van der Waals surface area contributed by atoms with E-state index in [2.05, 4.69) is 19.7 Å². The molecule has 0 saturated carbocycles. The molecule has 0 radical (unpaired) electrons. The molecule has 3 saturated heterocycles. The maximum atomic E-state index is 13.9. The number of hydrogen-bond acceptors (Lipinski definition) is 9. The molecule has 2 aromatic carbocycles. The first-order valence-corrected chi connectivity index (χ1v) is 18.0. The fourth-order valence-corrected chi connectivity index (χ4v) is 8.91. The van der Waals surface area contributed by atoms with Crippen LogP contribution in [0.1, 0.15) is 38.5 Å². The Bertz CT molecular complexity index is 1490. The molecule has 42 heavy (non-hydrogen) atoms. The number of phenolic OH excluding ortho intramolecular Hbond substituents is 1. The molecule has 4 heterocycles. The largest absolute Gasteiger partial charge is 0.508 e. The molecule has 0 aliphatic carbocycles. The van der Waals surface area contributed by atoms with Crippen molar-refractivity contribution in [1.29, 1.82) is 0 Å². The van der Waals surface area contributed by atoms with Gasteiger partial charge in [0.15, 0.2) is 16.1 Å². The van der Waals surface area contributed by atoms with Crippen molar-refractivity contribution in [3.05, 3.63) is 48.7 Å². The highest BCUT2D eigenvalue weighted by atomic mass is 32.2. The van der Waals surface area contributed by atoms with Crippen LogP contribution in [0.3, 0.4) is 0 Å². The second-order valence-electron chi connectivity index (χ2n) is 11.9. The molecule has 6 rings (SSSR count). The van der Waals surface area contributed by atoms with Crippen LogP contribution in [0.5, 0.6) is 5.75 Å². The highest BCUT2D eigenvalue weighted by molar-refractivity contribution is 7.91. The second-order valence-corrected chi connectivity index (χ2v) is 15.2. The predicted molar refractivity (Wildman–Crippen MR) is 166 cm³/mol. The summed E-state index contributed by atoms with van der Waals surface area (Å²) in [5.41, 5.74) is 1.34. The van der Waals surface area contributed by atoms with Gasteiger partial charge in [-0.2, -0.15) is 4.55 Å². The first kappa shape index (κ1) is 29.7. The van der Waals surface area contributed by atoms with Gasteiger partial charge >= 0.3 is 0 Å². The molecule has 3 N–H and O–H groups in total. The lowest BCUT2D eigenvalue weighted by molar-refractivity contribution is 0.0289. The Morgan fingerprint density at radius 3 is 2.00 bits per heavy atom. The van der Waals surface area contributed by atoms with Gasteiger partial charge in [0.05, 0.1) is 22.2 Å². The number of aliphatic hydroxyl groups is 1. The number of nitrogens with zero attached hydrogens (tertiary/aromatic N) is 4. The molecule has 1 atom stereocenters. The third-order valence-electron chi connectivity index (χ3n) is 9.37. The van der Waals surface area contributed by atoms with Crippen LogP contribution in [-0.4, -0.2) is 102 Å². The molecule has 0 bridgehead atoms. The maximum absolute atomic E-state index is 13.9. The number of anilines is 1. The van der Waals surface area contributed by atoms with Gasteiger partial charge in [0.25, 0.3) is 0 Å². The van der Waals surface area contributed by atoms with Gasteiger partial charge in [0.1, 0.15) is 16.9 Å². The lowest BCUT2D eigenvalue weighted by Crippen LogP contribution is -2.52. The van der Waals surface area contributed by atoms with E-state index in [1.54, 1.807) is 6.26 Å². The van der Waals surface area contributed by atoms with Gasteiger partial charge in [0.2, 0.25) is 9.84 Å². The summed E-state index contributed by atoms with van der Waals surface area (Å²) in [6.07, 6.45) is 9.02. The molecule has 0 spiro atoms. The van der Waals surface area contributed by atoms with Crippen molar-refractivity contribution in [3.8, 4) is 5.75 Å². The number of aliphatic hydroxyl groups excluding tert-OH is 1. The summed E-state index contributed by atoms with van der Waals surface area (Å²) in [4.78, 5) is 12.9. The minimum Gasteiger partial charge on any atom is -0.508 e. The highest BCUT2D eigenvalue weighted by Gasteiger charge is 2.34. The molecule has 3 aromatic rings. The third-order valence-corrected chi connectivity index (χ3v) is 12.1. The number of piperidine rings is 3. The molecule has 3 aliphatic heterocycles. The van der Waals surface area contributed by atoms with Crippen LogP contribution in [0.4, 0.5) is 5.69 Å². The first-order chi connectivity index (χ1) is 20.2. The molecule has 3 aliphatic rings. The van der Waals surface area contributed by atoms with Gasteiger partial charge in [-0.1, -0.05) is 0 Å². The number of fused-ring (bicyclic) bond motifs is 1. The Kier molecular flexibility index (Phi) is 8.68. The Balaban J connectivity index is 1.23. The molecule has 3 fully saturated rings. The van der Waals surface area contributed by atoms with Crippen LogP contribution in [0, 0.1) is 0 Å². The van der Waals surface area contributed by atoms with Crippen LogP contribution in [0.2, 0.25) is 0 Å². The number of benzene rings is 2. The zero-order valence-corrected chi connectivity index (χ0v) is 25.7. The summed E-state index contributed by atoms with van der Waals surface area (Å²) >= 11 is -0.977. The van der Waals surface area contributed by atoms with Crippen molar-refractivity contribution in [2.45, 2.75) is 71.4 Å². The number of hydrogen-bond donors (Lipinski definition) is 3. The maximum Gasteiger partial charge on any atom is 0.210 e. The molecule has 11 heteroatoms. The van der Waals surface area contributed by atoms with Gasteiger partial charge in [0, 0.05) is 55.9 Å². The van der Waals surface area contributed by atoms with E-state index in [1.165, 1.54) is 30.5 Å². The van der Waals surface area contributed by atoms with Gasteiger partial charge in [-0.25, -0.2) is 8.42 Å². The minimum absolute atomic E-state index is 0.00853. The second kappa shape index (κ2) is 12.3. The number of pyridine rings is 1. The summed E-state index contributed by atoms with van der Waals surface area (Å²) in [6.45, 7) is 5.60. The van der Waals surface area contributed by atoms with Crippen molar-refractivity contribution >= 4 is 37.6 Å². The lowest BCUT2D eigenvalue weighted by Gasteiger charge is -2.45. The molecule has 1 aromatic heterocycles. The fraction of sp³-hybridized carbons (Fsp3) is 0.516. The first-order valence-electron chi connectivity index (χ1n) is 14.9. The van der Waals surface area contributed by atoms with Crippen LogP contribution < -0.4 is 4.90 Å².